The number of nitrogens with zero attached hydrogens (tertiary/aromatic N) is 2. The van der Waals surface area contributed by atoms with E-state index in [1.165, 1.54) is 16.8 Å². The maximum atomic E-state index is 12.9. The number of anilines is 1. The Morgan fingerprint density at radius 1 is 1.39 bits per heavy atom. The second-order valence-electron chi connectivity index (χ2n) is 4.11. The highest BCUT2D eigenvalue weighted by molar-refractivity contribution is 7.80. The first-order valence-electron chi connectivity index (χ1n) is 5.58. The van der Waals surface area contributed by atoms with E-state index in [0.717, 1.165) is 35.6 Å². The number of fused-ring (bicyclic) bond motifs is 1. The van der Waals surface area contributed by atoms with Crippen molar-refractivity contribution in [1.29, 1.82) is 0 Å². The Balaban J connectivity index is 2.15. The van der Waals surface area contributed by atoms with E-state index in [1.54, 1.807) is 12.1 Å². The molecule has 1 aromatic carbocycles. The Morgan fingerprint density at radius 3 is 2.78 bits per heavy atom. The number of nitrogens with two attached hydrogens (primary N) is 1. The summed E-state index contributed by atoms with van der Waals surface area (Å²) in [6, 6.07) is 6.26. The van der Waals surface area contributed by atoms with Gasteiger partial charge >= 0.3 is 0 Å². The van der Waals surface area contributed by atoms with Crippen LogP contribution in [0.15, 0.2) is 24.3 Å². The van der Waals surface area contributed by atoms with E-state index in [9.17, 15) is 4.39 Å². The Bertz CT molecular complexity index is 618. The number of hydrogen-bond donors (Lipinski definition) is 2. The third kappa shape index (κ3) is 1.65. The third-order valence-electron chi connectivity index (χ3n) is 2.98. The van der Waals surface area contributed by atoms with Crippen LogP contribution in [0.3, 0.4) is 0 Å². The molecular weight excluding hydrogens is 251 g/mol. The molecule has 2 heterocycles. The molecule has 0 saturated carbocycles. The first-order valence-corrected chi connectivity index (χ1v) is 5.99. The molecule has 92 valence electrons. The van der Waals surface area contributed by atoms with E-state index in [2.05, 4.69) is 10.4 Å². The fraction of sp³-hybridized carbons (Fsp3) is 0.167. The van der Waals surface area contributed by atoms with Crippen LogP contribution in [0.5, 0.6) is 0 Å². The zero-order valence-corrected chi connectivity index (χ0v) is 10.3. The van der Waals surface area contributed by atoms with Crippen LogP contribution < -0.4 is 11.1 Å². The van der Waals surface area contributed by atoms with Gasteiger partial charge in [-0.05, 0) is 42.9 Å². The van der Waals surface area contributed by atoms with Crippen molar-refractivity contribution in [3.05, 3.63) is 35.6 Å². The van der Waals surface area contributed by atoms with E-state index >= 15 is 0 Å². The molecule has 0 saturated heterocycles. The first-order chi connectivity index (χ1) is 8.66. The average Bonchev–Trinajstić information content (AvgIpc) is 2.91. The highest BCUT2D eigenvalue weighted by atomic mass is 32.1. The lowest BCUT2D eigenvalue weighted by molar-refractivity contribution is 0.628. The molecule has 0 atom stereocenters. The molecule has 1 aromatic heterocycles. The first kappa shape index (κ1) is 11.2. The maximum absolute atomic E-state index is 12.9. The van der Waals surface area contributed by atoms with Crippen LogP contribution in [-0.4, -0.2) is 21.4 Å². The number of rotatable bonds is 1. The standard InChI is InChI=1S/C12H11FN4S/c13-8-3-1-7(2-4-8)10-9-5-6-15-11(9)17(16-10)12(14)18/h1-4,15H,5-6H2,(H2,14,18). The molecule has 0 amide bonds. The van der Waals surface area contributed by atoms with Gasteiger partial charge in [0.25, 0.3) is 0 Å². The molecule has 0 unspecified atom stereocenters. The lowest BCUT2D eigenvalue weighted by atomic mass is 10.1. The minimum Gasteiger partial charge on any atom is -0.374 e. The Morgan fingerprint density at radius 2 is 2.11 bits per heavy atom. The molecule has 0 spiro atoms. The van der Waals surface area contributed by atoms with Crippen molar-refractivity contribution in [2.45, 2.75) is 6.42 Å². The molecule has 3 rings (SSSR count). The smallest absolute Gasteiger partial charge is 0.193 e. The molecule has 0 fully saturated rings. The molecule has 1 aliphatic rings. The molecular formula is C12H11FN4S. The predicted octanol–water partition coefficient (Wildman–Crippen LogP) is 1.75. The highest BCUT2D eigenvalue weighted by Gasteiger charge is 2.23. The van der Waals surface area contributed by atoms with Crippen molar-refractivity contribution < 1.29 is 4.39 Å². The van der Waals surface area contributed by atoms with Crippen LogP contribution in [-0.2, 0) is 6.42 Å². The second-order valence-corrected chi connectivity index (χ2v) is 4.53. The van der Waals surface area contributed by atoms with E-state index in [-0.39, 0.29) is 10.9 Å². The summed E-state index contributed by atoms with van der Waals surface area (Å²) in [6.45, 7) is 0.837. The highest BCUT2D eigenvalue weighted by Crippen LogP contribution is 2.32. The zero-order valence-electron chi connectivity index (χ0n) is 9.48. The number of thiocarbonyl (C=S) groups is 1. The molecule has 0 aliphatic carbocycles. The van der Waals surface area contributed by atoms with Crippen molar-refractivity contribution in [1.82, 2.24) is 9.78 Å². The van der Waals surface area contributed by atoms with Gasteiger partial charge in [-0.2, -0.15) is 9.78 Å². The Labute approximate surface area is 109 Å². The number of aromatic nitrogens is 2. The molecule has 6 heteroatoms. The van der Waals surface area contributed by atoms with E-state index in [1.807, 2.05) is 0 Å². The van der Waals surface area contributed by atoms with Crippen LogP contribution in [0.25, 0.3) is 11.3 Å². The summed E-state index contributed by atoms with van der Waals surface area (Å²) in [5.74, 6) is 0.587. The summed E-state index contributed by atoms with van der Waals surface area (Å²) in [6.07, 6.45) is 0.866. The molecule has 0 radical (unpaired) electrons. The van der Waals surface area contributed by atoms with Gasteiger partial charge in [-0.1, -0.05) is 0 Å². The summed E-state index contributed by atoms with van der Waals surface area (Å²) >= 11 is 4.97. The molecule has 4 nitrogen and oxygen atoms in total. The van der Waals surface area contributed by atoms with Gasteiger partial charge in [0.15, 0.2) is 5.11 Å². The van der Waals surface area contributed by atoms with Gasteiger partial charge in [0, 0.05) is 17.7 Å². The number of benzene rings is 1. The normalized spacial score (nSPS) is 13.2. The van der Waals surface area contributed by atoms with Crippen LogP contribution in [0.1, 0.15) is 5.56 Å². The van der Waals surface area contributed by atoms with E-state index < -0.39 is 0 Å². The summed E-state index contributed by atoms with van der Waals surface area (Å²) in [4.78, 5) is 0. The van der Waals surface area contributed by atoms with Crippen LogP contribution >= 0.6 is 12.2 Å². The topological polar surface area (TPSA) is 55.9 Å². The van der Waals surface area contributed by atoms with Crippen LogP contribution in [0.2, 0.25) is 0 Å². The van der Waals surface area contributed by atoms with Gasteiger partial charge in [0.1, 0.15) is 11.6 Å². The van der Waals surface area contributed by atoms with Crippen LogP contribution in [0.4, 0.5) is 10.2 Å². The van der Waals surface area contributed by atoms with Gasteiger partial charge in [-0.15, -0.1) is 0 Å². The zero-order chi connectivity index (χ0) is 12.7. The lowest BCUT2D eigenvalue weighted by Crippen LogP contribution is -2.22. The Kier molecular flexibility index (Phi) is 2.52. The lowest BCUT2D eigenvalue weighted by Gasteiger charge is -2.02. The minimum atomic E-state index is -0.262. The fourth-order valence-electron chi connectivity index (χ4n) is 2.17. The largest absolute Gasteiger partial charge is 0.374 e. The third-order valence-corrected chi connectivity index (χ3v) is 3.15. The summed E-state index contributed by atoms with van der Waals surface area (Å²) in [5, 5.41) is 7.81. The SMILES string of the molecule is NC(=S)n1nc(-c2ccc(F)cc2)c2c1NCC2. The molecule has 0 bridgehead atoms. The van der Waals surface area contributed by atoms with Crippen molar-refractivity contribution in [3.63, 3.8) is 0 Å². The molecule has 18 heavy (non-hydrogen) atoms. The van der Waals surface area contributed by atoms with E-state index in [0.29, 0.717) is 0 Å². The number of hydrogen-bond acceptors (Lipinski definition) is 3. The number of halogens is 1. The summed E-state index contributed by atoms with van der Waals surface area (Å²) in [7, 11) is 0. The molecule has 1 aliphatic heterocycles. The minimum absolute atomic E-state index is 0.203. The Hall–Kier alpha value is -1.95. The molecule has 2 aromatic rings. The fourth-order valence-corrected chi connectivity index (χ4v) is 2.31. The van der Waals surface area contributed by atoms with Crippen molar-refractivity contribution in [2.24, 2.45) is 5.73 Å². The van der Waals surface area contributed by atoms with Gasteiger partial charge in [0.2, 0.25) is 0 Å². The van der Waals surface area contributed by atoms with Crippen molar-refractivity contribution >= 4 is 23.1 Å². The monoisotopic (exact) mass is 262 g/mol. The van der Waals surface area contributed by atoms with Gasteiger partial charge < -0.3 is 11.1 Å². The molecule has 3 N–H and O–H groups in total. The number of nitrogens with one attached hydrogen (secondary N) is 1. The van der Waals surface area contributed by atoms with Crippen molar-refractivity contribution in [3.8, 4) is 11.3 Å². The average molecular weight is 262 g/mol. The van der Waals surface area contributed by atoms with E-state index in [4.69, 9.17) is 18.0 Å². The summed E-state index contributed by atoms with van der Waals surface area (Å²) in [5.41, 5.74) is 8.39. The van der Waals surface area contributed by atoms with Gasteiger partial charge in [0.05, 0.1) is 5.69 Å². The van der Waals surface area contributed by atoms with Crippen molar-refractivity contribution in [2.75, 3.05) is 11.9 Å². The van der Waals surface area contributed by atoms with Crippen LogP contribution in [0, 0.1) is 5.82 Å². The summed E-state index contributed by atoms with van der Waals surface area (Å²) < 4.78 is 14.5. The van der Waals surface area contributed by atoms with Gasteiger partial charge in [-0.25, -0.2) is 4.39 Å². The van der Waals surface area contributed by atoms with Gasteiger partial charge in [-0.3, -0.25) is 0 Å². The predicted molar refractivity (Wildman–Crippen MR) is 72.0 cm³/mol. The second kappa shape index (κ2) is 4.06. The quantitative estimate of drug-likeness (QED) is 0.769. The maximum Gasteiger partial charge on any atom is 0.193 e.